The molecule has 1 aromatic carbocycles. The molecule has 21 heavy (non-hydrogen) atoms. The van der Waals surface area contributed by atoms with Gasteiger partial charge in [0, 0.05) is 11.1 Å². The molecule has 0 aliphatic heterocycles. The summed E-state index contributed by atoms with van der Waals surface area (Å²) < 4.78 is 45.5. The van der Waals surface area contributed by atoms with Gasteiger partial charge >= 0.3 is 6.18 Å². The molecule has 0 bridgehead atoms. The van der Waals surface area contributed by atoms with E-state index >= 15 is 0 Å². The molecule has 0 amide bonds. The predicted molar refractivity (Wildman–Crippen MR) is 86.0 cm³/mol. The highest BCUT2D eigenvalue weighted by Crippen LogP contribution is 2.37. The minimum atomic E-state index is -4.34. The molecular formula is C15H22BrF3OSi. The molecule has 0 radical (unpaired) electrons. The van der Waals surface area contributed by atoms with E-state index < -0.39 is 20.1 Å². The zero-order valence-corrected chi connectivity index (χ0v) is 15.7. The number of hydrogen-bond donors (Lipinski definition) is 0. The lowest BCUT2D eigenvalue weighted by Crippen LogP contribution is -2.41. The lowest BCUT2D eigenvalue weighted by atomic mass is 10.0. The predicted octanol–water partition coefficient (Wildman–Crippen LogP) is 6.03. The van der Waals surface area contributed by atoms with Gasteiger partial charge in [0.1, 0.15) is 0 Å². The summed E-state index contributed by atoms with van der Waals surface area (Å²) in [6.07, 6.45) is -4.06. The monoisotopic (exact) mass is 382 g/mol. The van der Waals surface area contributed by atoms with Gasteiger partial charge in [-0.3, -0.25) is 0 Å². The minimum absolute atomic E-state index is 0.0551. The summed E-state index contributed by atoms with van der Waals surface area (Å²) in [6.45, 7) is 10.8. The fourth-order valence-corrected chi connectivity index (χ4v) is 3.07. The fraction of sp³-hybridized carbons (Fsp3) is 0.600. The molecule has 0 unspecified atom stereocenters. The molecule has 0 atom stereocenters. The van der Waals surface area contributed by atoms with Crippen LogP contribution in [0.3, 0.4) is 0 Å². The van der Waals surface area contributed by atoms with Gasteiger partial charge in [0.05, 0.1) is 5.56 Å². The van der Waals surface area contributed by atoms with Crippen LogP contribution in [0.25, 0.3) is 0 Å². The molecule has 0 heterocycles. The van der Waals surface area contributed by atoms with Crippen molar-refractivity contribution < 1.29 is 17.6 Å². The highest BCUT2D eigenvalue weighted by Gasteiger charge is 2.37. The van der Waals surface area contributed by atoms with Crippen molar-refractivity contribution >= 4 is 24.2 Å². The van der Waals surface area contributed by atoms with E-state index in [1.807, 2.05) is 0 Å². The van der Waals surface area contributed by atoms with Crippen LogP contribution < -0.4 is 0 Å². The maximum atomic E-state index is 13.0. The second-order valence-corrected chi connectivity index (χ2v) is 12.4. The third kappa shape index (κ3) is 5.11. The van der Waals surface area contributed by atoms with Crippen LogP contribution in [0.5, 0.6) is 0 Å². The maximum Gasteiger partial charge on any atom is 0.416 e. The lowest BCUT2D eigenvalue weighted by molar-refractivity contribution is -0.138. The summed E-state index contributed by atoms with van der Waals surface area (Å²) in [5.41, 5.74) is -0.305. The third-order valence-corrected chi connectivity index (χ3v) is 9.05. The van der Waals surface area contributed by atoms with Gasteiger partial charge in [0.2, 0.25) is 0 Å². The quantitative estimate of drug-likeness (QED) is 0.577. The molecule has 0 aliphatic carbocycles. The molecule has 0 fully saturated rings. The van der Waals surface area contributed by atoms with Crippen LogP contribution in [0.4, 0.5) is 13.2 Å². The molecule has 0 spiro atoms. The molecule has 120 valence electrons. The first-order valence-corrected chi connectivity index (χ1v) is 10.5. The van der Waals surface area contributed by atoms with Crippen molar-refractivity contribution in [1.29, 1.82) is 0 Å². The fourth-order valence-electron chi connectivity index (χ4n) is 1.66. The first-order valence-electron chi connectivity index (χ1n) is 6.84. The summed E-state index contributed by atoms with van der Waals surface area (Å²) in [5.74, 6) is 0. The SMILES string of the molecule is CC(C)(C)[Si](C)(C)OCCc1ccc(Br)cc1C(F)(F)F. The largest absolute Gasteiger partial charge is 0.416 e. The van der Waals surface area contributed by atoms with E-state index in [2.05, 4.69) is 49.8 Å². The molecule has 0 N–H and O–H groups in total. The number of rotatable bonds is 4. The van der Waals surface area contributed by atoms with Crippen LogP contribution in [0, 0.1) is 0 Å². The van der Waals surface area contributed by atoms with Gasteiger partial charge in [-0.2, -0.15) is 13.2 Å². The average molecular weight is 383 g/mol. The zero-order chi connectivity index (χ0) is 16.5. The van der Waals surface area contributed by atoms with Crippen LogP contribution in [-0.4, -0.2) is 14.9 Å². The summed E-state index contributed by atoms with van der Waals surface area (Å²) >= 11 is 3.09. The number of halogens is 4. The Morgan fingerprint density at radius 2 is 1.71 bits per heavy atom. The molecule has 0 saturated heterocycles. The van der Waals surface area contributed by atoms with Crippen LogP contribution in [0.2, 0.25) is 18.1 Å². The van der Waals surface area contributed by atoms with E-state index in [9.17, 15) is 13.2 Å². The van der Waals surface area contributed by atoms with Crippen LogP contribution in [0.15, 0.2) is 22.7 Å². The standard InChI is InChI=1S/C15H22BrF3OSi/c1-14(2,3)21(4,5)20-9-8-11-6-7-12(16)10-13(11)15(17,18)19/h6-7,10H,8-9H2,1-5H3. The van der Waals surface area contributed by atoms with Crippen LogP contribution in [-0.2, 0) is 17.0 Å². The second kappa shape index (κ2) is 6.42. The third-order valence-electron chi connectivity index (χ3n) is 4.02. The Hall–Kier alpha value is -0.333. The molecule has 0 aromatic heterocycles. The summed E-state index contributed by atoms with van der Waals surface area (Å²) in [6, 6.07) is 4.28. The van der Waals surface area contributed by atoms with Crippen molar-refractivity contribution in [3.8, 4) is 0 Å². The topological polar surface area (TPSA) is 9.23 Å². The van der Waals surface area contributed by atoms with Gasteiger partial charge in [0.15, 0.2) is 8.32 Å². The smallest absolute Gasteiger partial charge is 0.416 e. The Bertz CT molecular complexity index is 493. The van der Waals surface area contributed by atoms with Crippen molar-refractivity contribution in [2.75, 3.05) is 6.61 Å². The van der Waals surface area contributed by atoms with Crippen molar-refractivity contribution in [3.05, 3.63) is 33.8 Å². The minimum Gasteiger partial charge on any atom is -0.416 e. The van der Waals surface area contributed by atoms with E-state index in [0.29, 0.717) is 11.1 Å². The van der Waals surface area contributed by atoms with Gasteiger partial charge in [-0.15, -0.1) is 0 Å². The molecule has 1 nitrogen and oxygen atoms in total. The van der Waals surface area contributed by atoms with E-state index in [4.69, 9.17) is 4.43 Å². The average Bonchev–Trinajstić information content (AvgIpc) is 2.28. The number of benzene rings is 1. The van der Waals surface area contributed by atoms with Crippen molar-refractivity contribution in [2.45, 2.75) is 51.5 Å². The second-order valence-electron chi connectivity index (χ2n) is 6.66. The van der Waals surface area contributed by atoms with Crippen LogP contribution >= 0.6 is 15.9 Å². The van der Waals surface area contributed by atoms with Gasteiger partial charge in [-0.25, -0.2) is 0 Å². The van der Waals surface area contributed by atoms with E-state index in [-0.39, 0.29) is 17.0 Å². The number of alkyl halides is 3. The van der Waals surface area contributed by atoms with E-state index in [1.165, 1.54) is 6.07 Å². The first kappa shape index (κ1) is 18.7. The molecule has 1 rings (SSSR count). The number of hydrogen-bond acceptors (Lipinski definition) is 1. The van der Waals surface area contributed by atoms with Crippen molar-refractivity contribution in [2.24, 2.45) is 0 Å². The normalized spacial score (nSPS) is 13.6. The van der Waals surface area contributed by atoms with Gasteiger partial charge in [-0.1, -0.05) is 42.8 Å². The van der Waals surface area contributed by atoms with E-state index in [1.54, 1.807) is 6.07 Å². The Labute approximate surface area is 134 Å². The Balaban J connectivity index is 2.82. The van der Waals surface area contributed by atoms with Gasteiger partial charge in [0.25, 0.3) is 0 Å². The van der Waals surface area contributed by atoms with E-state index in [0.717, 1.165) is 6.07 Å². The summed E-state index contributed by atoms with van der Waals surface area (Å²) in [4.78, 5) is 0. The Kier molecular flexibility index (Phi) is 5.72. The molecule has 0 aliphatic rings. The summed E-state index contributed by atoms with van der Waals surface area (Å²) in [5, 5.41) is 0.0551. The molecular weight excluding hydrogens is 361 g/mol. The molecule has 0 saturated carbocycles. The highest BCUT2D eigenvalue weighted by molar-refractivity contribution is 9.10. The molecule has 1 aromatic rings. The van der Waals surface area contributed by atoms with Crippen LogP contribution in [0.1, 0.15) is 31.9 Å². The Morgan fingerprint density at radius 1 is 1.14 bits per heavy atom. The lowest BCUT2D eigenvalue weighted by Gasteiger charge is -2.36. The Morgan fingerprint density at radius 3 is 2.19 bits per heavy atom. The van der Waals surface area contributed by atoms with Crippen molar-refractivity contribution in [1.82, 2.24) is 0 Å². The molecule has 6 heteroatoms. The van der Waals surface area contributed by atoms with Gasteiger partial charge < -0.3 is 4.43 Å². The highest BCUT2D eigenvalue weighted by atomic mass is 79.9. The van der Waals surface area contributed by atoms with Crippen molar-refractivity contribution in [3.63, 3.8) is 0 Å². The summed E-state index contributed by atoms with van der Waals surface area (Å²) in [7, 11) is -1.92. The zero-order valence-electron chi connectivity index (χ0n) is 13.1. The van der Waals surface area contributed by atoms with Gasteiger partial charge in [-0.05, 0) is 42.2 Å². The maximum absolute atomic E-state index is 13.0. The first-order chi connectivity index (χ1) is 9.34.